The first-order chi connectivity index (χ1) is 10.3. The lowest BCUT2D eigenvalue weighted by atomic mass is 9.98. The lowest BCUT2D eigenvalue weighted by Crippen LogP contribution is -2.07. The fourth-order valence-corrected chi connectivity index (χ4v) is 2.81. The van der Waals surface area contributed by atoms with Crippen LogP contribution in [0.5, 0.6) is 0 Å². The van der Waals surface area contributed by atoms with Crippen LogP contribution in [-0.4, -0.2) is 11.9 Å². The molecule has 1 fully saturated rings. The summed E-state index contributed by atoms with van der Waals surface area (Å²) in [6, 6.07) is 23.7. The van der Waals surface area contributed by atoms with Crippen molar-refractivity contribution in [2.24, 2.45) is 0 Å². The molecule has 0 saturated carbocycles. The molecule has 0 N–H and O–H groups in total. The van der Waals surface area contributed by atoms with Crippen molar-refractivity contribution in [2.75, 3.05) is 0 Å². The van der Waals surface area contributed by atoms with Crippen LogP contribution in [0.15, 0.2) is 72.8 Å². The van der Waals surface area contributed by atoms with Crippen molar-refractivity contribution >= 4 is 16.6 Å². The number of fused-ring (bicyclic) bond motifs is 1. The van der Waals surface area contributed by atoms with Gasteiger partial charge in [0.05, 0.1) is 0 Å². The first-order valence-corrected chi connectivity index (χ1v) is 7.07. The molecule has 2 heteroatoms. The molecule has 2 nitrogen and oxygen atoms in total. The summed E-state index contributed by atoms with van der Waals surface area (Å²) < 4.78 is 5.68. The number of epoxide rings is 1. The van der Waals surface area contributed by atoms with E-state index in [-0.39, 0.29) is 18.0 Å². The molecule has 0 aliphatic carbocycles. The van der Waals surface area contributed by atoms with Crippen molar-refractivity contribution in [3.05, 3.63) is 83.9 Å². The molecule has 0 spiro atoms. The van der Waals surface area contributed by atoms with Gasteiger partial charge in [-0.05, 0) is 16.3 Å². The Morgan fingerprint density at radius 2 is 1.52 bits per heavy atom. The maximum absolute atomic E-state index is 12.4. The molecular formula is C19H14O2. The van der Waals surface area contributed by atoms with Crippen LogP contribution < -0.4 is 0 Å². The van der Waals surface area contributed by atoms with Crippen LogP contribution in [0.4, 0.5) is 0 Å². The van der Waals surface area contributed by atoms with Gasteiger partial charge in [0.15, 0.2) is 11.9 Å². The van der Waals surface area contributed by atoms with Crippen molar-refractivity contribution in [1.82, 2.24) is 0 Å². The van der Waals surface area contributed by atoms with E-state index in [4.69, 9.17) is 4.74 Å². The van der Waals surface area contributed by atoms with Crippen molar-refractivity contribution in [3.8, 4) is 0 Å². The zero-order valence-corrected chi connectivity index (χ0v) is 11.4. The molecule has 3 aromatic rings. The van der Waals surface area contributed by atoms with E-state index in [1.165, 1.54) is 5.39 Å². The van der Waals surface area contributed by atoms with Crippen LogP contribution in [0.1, 0.15) is 22.0 Å². The SMILES string of the molecule is O=C(c1ccccc1)[C@@H]1O[C@@H]1c1cccc2ccccc12. The van der Waals surface area contributed by atoms with E-state index >= 15 is 0 Å². The number of hydrogen-bond donors (Lipinski definition) is 0. The largest absolute Gasteiger partial charge is 0.356 e. The highest BCUT2D eigenvalue weighted by molar-refractivity contribution is 6.02. The van der Waals surface area contributed by atoms with Crippen molar-refractivity contribution in [2.45, 2.75) is 12.2 Å². The number of ketones is 1. The molecular weight excluding hydrogens is 260 g/mol. The fourth-order valence-electron chi connectivity index (χ4n) is 2.81. The Morgan fingerprint density at radius 3 is 2.38 bits per heavy atom. The predicted molar refractivity (Wildman–Crippen MR) is 82.3 cm³/mol. The number of rotatable bonds is 3. The maximum atomic E-state index is 12.4. The molecule has 1 saturated heterocycles. The van der Waals surface area contributed by atoms with Gasteiger partial charge in [0.2, 0.25) is 0 Å². The summed E-state index contributed by atoms with van der Waals surface area (Å²) in [6.45, 7) is 0. The van der Waals surface area contributed by atoms with E-state index in [2.05, 4.69) is 18.2 Å². The van der Waals surface area contributed by atoms with E-state index in [0.717, 1.165) is 10.9 Å². The maximum Gasteiger partial charge on any atom is 0.194 e. The van der Waals surface area contributed by atoms with Crippen LogP contribution in [0.3, 0.4) is 0 Å². The van der Waals surface area contributed by atoms with Crippen LogP contribution in [0.2, 0.25) is 0 Å². The first-order valence-electron chi connectivity index (χ1n) is 7.07. The van der Waals surface area contributed by atoms with Gasteiger partial charge >= 0.3 is 0 Å². The Kier molecular flexibility index (Phi) is 2.83. The average molecular weight is 274 g/mol. The van der Waals surface area contributed by atoms with Gasteiger partial charge in [0, 0.05) is 5.56 Å². The molecule has 3 aromatic carbocycles. The highest BCUT2D eigenvalue weighted by Crippen LogP contribution is 2.43. The quantitative estimate of drug-likeness (QED) is 0.530. The molecule has 4 rings (SSSR count). The Morgan fingerprint density at radius 1 is 0.810 bits per heavy atom. The van der Waals surface area contributed by atoms with Crippen LogP contribution in [-0.2, 0) is 4.74 Å². The summed E-state index contributed by atoms with van der Waals surface area (Å²) in [5.41, 5.74) is 1.81. The average Bonchev–Trinajstić information content (AvgIpc) is 3.35. The molecule has 0 amide bonds. The topological polar surface area (TPSA) is 29.6 Å². The van der Waals surface area contributed by atoms with Gasteiger partial charge < -0.3 is 4.74 Å². The van der Waals surface area contributed by atoms with E-state index in [1.807, 2.05) is 54.6 Å². The number of hydrogen-bond acceptors (Lipinski definition) is 2. The summed E-state index contributed by atoms with van der Waals surface area (Å²) in [5.74, 6) is 0.0635. The Balaban J connectivity index is 1.66. The summed E-state index contributed by atoms with van der Waals surface area (Å²) in [5, 5.41) is 2.34. The number of ether oxygens (including phenoxy) is 1. The van der Waals surface area contributed by atoms with E-state index in [1.54, 1.807) is 0 Å². The molecule has 2 atom stereocenters. The second-order valence-corrected chi connectivity index (χ2v) is 5.28. The lowest BCUT2D eigenvalue weighted by molar-refractivity contribution is 0.0953. The Labute approximate surface area is 123 Å². The number of Topliss-reactive ketones (excluding diaryl/α,β-unsaturated/α-hetero) is 1. The van der Waals surface area contributed by atoms with Gasteiger partial charge in [0.1, 0.15) is 6.10 Å². The summed E-state index contributed by atoms with van der Waals surface area (Å²) in [7, 11) is 0. The molecule has 1 aliphatic heterocycles. The van der Waals surface area contributed by atoms with Crippen molar-refractivity contribution in [1.29, 1.82) is 0 Å². The molecule has 0 radical (unpaired) electrons. The minimum atomic E-state index is -0.349. The highest BCUT2D eigenvalue weighted by Gasteiger charge is 2.46. The van der Waals surface area contributed by atoms with E-state index in [9.17, 15) is 4.79 Å². The summed E-state index contributed by atoms with van der Waals surface area (Å²) in [6.07, 6.45) is -0.470. The van der Waals surface area contributed by atoms with Crippen LogP contribution in [0, 0.1) is 0 Å². The van der Waals surface area contributed by atoms with Gasteiger partial charge in [-0.25, -0.2) is 0 Å². The smallest absolute Gasteiger partial charge is 0.194 e. The van der Waals surface area contributed by atoms with Gasteiger partial charge in [-0.2, -0.15) is 0 Å². The van der Waals surface area contributed by atoms with E-state index in [0.29, 0.717) is 5.56 Å². The van der Waals surface area contributed by atoms with Crippen LogP contribution in [0.25, 0.3) is 10.8 Å². The second-order valence-electron chi connectivity index (χ2n) is 5.28. The normalized spacial score (nSPS) is 20.4. The minimum Gasteiger partial charge on any atom is -0.356 e. The van der Waals surface area contributed by atoms with Crippen molar-refractivity contribution < 1.29 is 9.53 Å². The van der Waals surface area contributed by atoms with Crippen molar-refractivity contribution in [3.63, 3.8) is 0 Å². The fraction of sp³-hybridized carbons (Fsp3) is 0.105. The molecule has 0 unspecified atom stereocenters. The zero-order valence-electron chi connectivity index (χ0n) is 11.4. The molecule has 0 bridgehead atoms. The third-order valence-electron chi connectivity index (χ3n) is 3.94. The van der Waals surface area contributed by atoms with Gasteiger partial charge in [-0.15, -0.1) is 0 Å². The predicted octanol–water partition coefficient (Wildman–Crippen LogP) is 4.16. The summed E-state index contributed by atoms with van der Waals surface area (Å²) >= 11 is 0. The number of carbonyl (C=O) groups excluding carboxylic acids is 1. The molecule has 21 heavy (non-hydrogen) atoms. The molecule has 102 valence electrons. The minimum absolute atomic E-state index is 0.0635. The van der Waals surface area contributed by atoms with Crippen LogP contribution >= 0.6 is 0 Å². The molecule has 1 aliphatic rings. The van der Waals surface area contributed by atoms with E-state index < -0.39 is 0 Å². The zero-order chi connectivity index (χ0) is 14.2. The lowest BCUT2D eigenvalue weighted by Gasteiger charge is -2.03. The van der Waals surface area contributed by atoms with Gasteiger partial charge in [-0.1, -0.05) is 72.8 Å². The van der Waals surface area contributed by atoms with Gasteiger partial charge in [0.25, 0.3) is 0 Å². The number of benzene rings is 3. The van der Waals surface area contributed by atoms with Gasteiger partial charge in [-0.3, -0.25) is 4.79 Å². The Bertz CT molecular complexity index is 803. The molecule has 1 heterocycles. The standard InChI is InChI=1S/C19H14O2/c20-17(14-8-2-1-3-9-14)19-18(21-19)16-12-6-10-13-7-4-5-11-15(13)16/h1-12,18-19H/t18-,19+/m1/s1. The summed E-state index contributed by atoms with van der Waals surface area (Å²) in [4.78, 5) is 12.4. The molecule has 0 aromatic heterocycles. The third-order valence-corrected chi connectivity index (χ3v) is 3.94. The third kappa shape index (κ3) is 2.14. The second kappa shape index (κ2) is 4.83. The Hall–Kier alpha value is -2.45. The highest BCUT2D eigenvalue weighted by atomic mass is 16.6. The first kappa shape index (κ1) is 12.3. The monoisotopic (exact) mass is 274 g/mol. The number of carbonyl (C=O) groups is 1.